The van der Waals surface area contributed by atoms with E-state index in [4.69, 9.17) is 23.7 Å². The van der Waals surface area contributed by atoms with Crippen molar-refractivity contribution in [3.05, 3.63) is 23.3 Å². The second-order valence-corrected chi connectivity index (χ2v) is 8.34. The number of aromatic hydroxyl groups is 6. The van der Waals surface area contributed by atoms with Crippen molar-refractivity contribution in [3.63, 3.8) is 0 Å². The number of hydrogen-bond acceptors (Lipinski definition) is 13. The van der Waals surface area contributed by atoms with Crippen LogP contribution in [0.5, 0.6) is 34.5 Å². The molecule has 2 unspecified atom stereocenters. The topological polar surface area (TPSA) is 202 Å². The summed E-state index contributed by atoms with van der Waals surface area (Å²) in [6, 6.07) is 1.49. The predicted molar refractivity (Wildman–Crippen MR) is 117 cm³/mol. The summed E-state index contributed by atoms with van der Waals surface area (Å²) in [5, 5.41) is 61.6. The number of phenols is 6. The highest BCUT2D eigenvalue weighted by atomic mass is 16.7. The SMILES string of the molecule is COC1[C@@H](OC)OC2COC(=O)c3cc(O)c(O)c(O)c3-c3c(cc(O)c(O)c3O)C(=O)O[C@H]2[C@@H]1C. The summed E-state index contributed by atoms with van der Waals surface area (Å²) < 4.78 is 27.5. The Hall–Kier alpha value is -3.94. The smallest absolute Gasteiger partial charge is 0.339 e. The van der Waals surface area contributed by atoms with Crippen LogP contribution in [0.15, 0.2) is 12.1 Å². The van der Waals surface area contributed by atoms with Gasteiger partial charge in [0, 0.05) is 31.3 Å². The fraction of sp³-hybridized carbons (Fsp3) is 0.391. The standard InChI is InChI=1S/C23H24O13/c1-7-19-12(35-23(33-3)20(7)32-2)6-34-21(30)8-4-10(24)15(26)17(28)13(8)14-9(22(31)36-19)5-11(25)16(27)18(14)29/h4-5,7,12,19-20,23-29H,6H2,1-3H3/t7-,12?,19-,20?,23-/m0/s1. The Morgan fingerprint density at radius 3 is 1.83 bits per heavy atom. The zero-order valence-corrected chi connectivity index (χ0v) is 19.3. The van der Waals surface area contributed by atoms with Crippen molar-refractivity contribution in [3.8, 4) is 45.6 Å². The second-order valence-electron chi connectivity index (χ2n) is 8.34. The molecule has 36 heavy (non-hydrogen) atoms. The highest BCUT2D eigenvalue weighted by molar-refractivity contribution is 6.08. The van der Waals surface area contributed by atoms with Gasteiger partial charge in [0.2, 0.25) is 11.5 Å². The third-order valence-electron chi connectivity index (χ3n) is 6.30. The first-order valence-electron chi connectivity index (χ1n) is 10.7. The Labute approximate surface area is 203 Å². The van der Waals surface area contributed by atoms with E-state index in [0.717, 1.165) is 12.1 Å². The van der Waals surface area contributed by atoms with Crippen LogP contribution in [0.3, 0.4) is 0 Å². The van der Waals surface area contributed by atoms with Crippen LogP contribution in [0, 0.1) is 5.92 Å². The number of hydrogen-bond donors (Lipinski definition) is 6. The van der Waals surface area contributed by atoms with Crippen molar-refractivity contribution >= 4 is 11.9 Å². The summed E-state index contributed by atoms with van der Waals surface area (Å²) in [5.41, 5.74) is -2.51. The largest absolute Gasteiger partial charge is 0.504 e. The van der Waals surface area contributed by atoms with Gasteiger partial charge in [-0.05, 0) is 12.1 Å². The maximum absolute atomic E-state index is 13.4. The molecule has 13 nitrogen and oxygen atoms in total. The molecule has 0 spiro atoms. The molecule has 13 heteroatoms. The molecule has 0 bridgehead atoms. The van der Waals surface area contributed by atoms with E-state index in [1.54, 1.807) is 6.92 Å². The van der Waals surface area contributed by atoms with E-state index < -0.39 is 106 Å². The Balaban J connectivity index is 1.98. The second kappa shape index (κ2) is 9.26. The number of fused-ring (bicyclic) bond motifs is 4. The van der Waals surface area contributed by atoms with E-state index in [1.807, 2.05) is 0 Å². The van der Waals surface area contributed by atoms with Gasteiger partial charge < -0.3 is 54.3 Å². The zero-order chi connectivity index (χ0) is 26.5. The molecule has 2 heterocycles. The number of ether oxygens (including phenoxy) is 5. The number of cyclic esters (lactones) is 1. The third-order valence-corrected chi connectivity index (χ3v) is 6.30. The molecule has 0 aromatic heterocycles. The maximum Gasteiger partial charge on any atom is 0.339 e. The van der Waals surface area contributed by atoms with Crippen LogP contribution >= 0.6 is 0 Å². The van der Waals surface area contributed by atoms with Crippen LogP contribution in [0.1, 0.15) is 27.6 Å². The van der Waals surface area contributed by atoms with Gasteiger partial charge in [0.15, 0.2) is 29.3 Å². The van der Waals surface area contributed by atoms with Crippen LogP contribution in [-0.2, 0) is 23.7 Å². The van der Waals surface area contributed by atoms with Crippen LogP contribution in [0.4, 0.5) is 0 Å². The van der Waals surface area contributed by atoms with Crippen molar-refractivity contribution in [2.24, 2.45) is 5.92 Å². The molecular formula is C23H24O13. The Kier molecular flexibility index (Phi) is 6.47. The first-order valence-corrected chi connectivity index (χ1v) is 10.7. The van der Waals surface area contributed by atoms with Gasteiger partial charge in [-0.2, -0.15) is 0 Å². The first-order chi connectivity index (χ1) is 17.0. The quantitative estimate of drug-likeness (QED) is 0.251. The number of methoxy groups -OCH3 is 2. The number of phenolic OH excluding ortho intramolecular Hbond substituents is 6. The number of carbonyl (C=O) groups is 2. The van der Waals surface area contributed by atoms with Crippen molar-refractivity contribution in [1.29, 1.82) is 0 Å². The first kappa shape index (κ1) is 25.2. The van der Waals surface area contributed by atoms with Crippen molar-refractivity contribution in [2.75, 3.05) is 20.8 Å². The van der Waals surface area contributed by atoms with E-state index in [1.165, 1.54) is 14.2 Å². The molecule has 0 amide bonds. The van der Waals surface area contributed by atoms with Gasteiger partial charge in [-0.3, -0.25) is 0 Å². The molecule has 2 aliphatic heterocycles. The highest BCUT2D eigenvalue weighted by Crippen LogP contribution is 2.53. The summed E-state index contributed by atoms with van der Waals surface area (Å²) in [4.78, 5) is 26.5. The van der Waals surface area contributed by atoms with E-state index in [9.17, 15) is 40.2 Å². The molecule has 0 radical (unpaired) electrons. The van der Waals surface area contributed by atoms with Gasteiger partial charge in [0.05, 0.1) is 11.1 Å². The van der Waals surface area contributed by atoms with Crippen LogP contribution in [0.2, 0.25) is 0 Å². The van der Waals surface area contributed by atoms with Gasteiger partial charge in [-0.25, -0.2) is 9.59 Å². The third kappa shape index (κ3) is 3.86. The number of benzene rings is 2. The summed E-state index contributed by atoms with van der Waals surface area (Å²) >= 11 is 0. The van der Waals surface area contributed by atoms with Crippen molar-refractivity contribution < 1.29 is 63.9 Å². The molecule has 2 aliphatic rings. The van der Waals surface area contributed by atoms with Gasteiger partial charge in [-0.1, -0.05) is 6.92 Å². The molecule has 1 fully saturated rings. The Morgan fingerprint density at radius 2 is 1.33 bits per heavy atom. The average Bonchev–Trinajstić information content (AvgIpc) is 2.86. The minimum Gasteiger partial charge on any atom is -0.504 e. The molecule has 1 saturated heterocycles. The van der Waals surface area contributed by atoms with Crippen molar-refractivity contribution in [2.45, 2.75) is 31.5 Å². The zero-order valence-electron chi connectivity index (χ0n) is 19.3. The molecular weight excluding hydrogens is 484 g/mol. The molecule has 6 N–H and O–H groups in total. The summed E-state index contributed by atoms with van der Waals surface area (Å²) in [7, 11) is 2.77. The maximum atomic E-state index is 13.4. The van der Waals surface area contributed by atoms with Crippen LogP contribution in [-0.4, -0.2) is 88.0 Å². The monoisotopic (exact) mass is 508 g/mol. The molecule has 0 saturated carbocycles. The summed E-state index contributed by atoms with van der Waals surface area (Å²) in [5.74, 6) is -9.10. The van der Waals surface area contributed by atoms with Gasteiger partial charge >= 0.3 is 11.9 Å². The fourth-order valence-electron chi connectivity index (χ4n) is 4.47. The predicted octanol–water partition coefficient (Wildman–Crippen LogP) is 1.31. The summed E-state index contributed by atoms with van der Waals surface area (Å²) in [6.07, 6.45) is -3.78. The fourth-order valence-corrected chi connectivity index (χ4v) is 4.47. The van der Waals surface area contributed by atoms with Crippen LogP contribution < -0.4 is 0 Å². The van der Waals surface area contributed by atoms with Gasteiger partial charge in [-0.15, -0.1) is 0 Å². The van der Waals surface area contributed by atoms with E-state index in [0.29, 0.717) is 0 Å². The minimum absolute atomic E-state index is 0.474. The molecule has 2 aromatic rings. The Morgan fingerprint density at radius 1 is 0.806 bits per heavy atom. The molecule has 5 atom stereocenters. The van der Waals surface area contributed by atoms with Gasteiger partial charge in [0.1, 0.15) is 24.9 Å². The number of carbonyl (C=O) groups excluding carboxylic acids is 2. The number of esters is 2. The normalized spacial score (nSPS) is 26.0. The average molecular weight is 508 g/mol. The minimum atomic E-state index is -1.15. The Bertz CT molecular complexity index is 1220. The lowest BCUT2D eigenvalue weighted by molar-refractivity contribution is -0.284. The van der Waals surface area contributed by atoms with E-state index >= 15 is 0 Å². The summed E-state index contributed by atoms with van der Waals surface area (Å²) in [6.45, 7) is 1.20. The lowest BCUT2D eigenvalue weighted by Gasteiger charge is -2.43. The molecule has 2 aromatic carbocycles. The molecule has 0 aliphatic carbocycles. The van der Waals surface area contributed by atoms with Gasteiger partial charge in [0.25, 0.3) is 0 Å². The number of rotatable bonds is 2. The van der Waals surface area contributed by atoms with Crippen molar-refractivity contribution in [1.82, 2.24) is 0 Å². The van der Waals surface area contributed by atoms with Crippen LogP contribution in [0.25, 0.3) is 11.1 Å². The molecule has 194 valence electrons. The lowest BCUT2D eigenvalue weighted by atomic mass is 9.90. The molecule has 4 rings (SSSR count). The van der Waals surface area contributed by atoms with E-state index in [2.05, 4.69) is 0 Å². The highest BCUT2D eigenvalue weighted by Gasteiger charge is 2.48. The van der Waals surface area contributed by atoms with E-state index in [-0.39, 0.29) is 0 Å². The lowest BCUT2D eigenvalue weighted by Crippen LogP contribution is -2.57.